The Morgan fingerprint density at radius 1 is 1.33 bits per heavy atom. The van der Waals surface area contributed by atoms with E-state index in [9.17, 15) is 8.42 Å². The Labute approximate surface area is 112 Å². The van der Waals surface area contributed by atoms with Gasteiger partial charge in [-0.3, -0.25) is 0 Å². The molecule has 0 aliphatic carbocycles. The molecule has 0 amide bonds. The number of aromatic nitrogens is 1. The Bertz CT molecular complexity index is 508. The average Bonchev–Trinajstić information content (AvgIpc) is 2.28. The summed E-state index contributed by atoms with van der Waals surface area (Å²) in [7, 11) is -3.51. The van der Waals surface area contributed by atoms with E-state index < -0.39 is 10.0 Å². The van der Waals surface area contributed by atoms with Crippen LogP contribution in [0, 0.1) is 0 Å². The lowest BCUT2D eigenvalue weighted by Gasteiger charge is -2.34. The first-order valence-electron chi connectivity index (χ1n) is 5.67. The van der Waals surface area contributed by atoms with Crippen molar-refractivity contribution in [3.63, 3.8) is 0 Å². The van der Waals surface area contributed by atoms with Gasteiger partial charge in [-0.2, -0.15) is 4.31 Å². The summed E-state index contributed by atoms with van der Waals surface area (Å²) in [6, 6.07) is 2.94. The van der Waals surface area contributed by atoms with E-state index in [0.717, 1.165) is 0 Å². The molecule has 0 unspecified atom stereocenters. The Kier molecular flexibility index (Phi) is 3.91. The van der Waals surface area contributed by atoms with Crippen molar-refractivity contribution < 1.29 is 13.2 Å². The fourth-order valence-electron chi connectivity index (χ4n) is 1.99. The van der Waals surface area contributed by atoms with Gasteiger partial charge in [-0.15, -0.1) is 0 Å². The molecule has 0 bridgehead atoms. The molecule has 1 aliphatic rings. The lowest BCUT2D eigenvalue weighted by atomic mass is 10.3. The molecular formula is C11H15ClN2O3S. The normalized spacial score (nSPS) is 26.2. The maximum atomic E-state index is 12.4. The highest BCUT2D eigenvalue weighted by atomic mass is 35.5. The molecule has 5 nitrogen and oxygen atoms in total. The number of pyridine rings is 1. The molecule has 1 saturated heterocycles. The highest BCUT2D eigenvalue weighted by Gasteiger charge is 2.32. The van der Waals surface area contributed by atoms with E-state index >= 15 is 0 Å². The molecule has 0 N–H and O–H groups in total. The van der Waals surface area contributed by atoms with Gasteiger partial charge in [-0.05, 0) is 26.0 Å². The van der Waals surface area contributed by atoms with Crippen molar-refractivity contribution in [2.45, 2.75) is 31.0 Å². The monoisotopic (exact) mass is 290 g/mol. The van der Waals surface area contributed by atoms with Crippen LogP contribution in [-0.2, 0) is 14.8 Å². The molecule has 2 atom stereocenters. The fourth-order valence-corrected chi connectivity index (χ4v) is 3.64. The summed E-state index contributed by atoms with van der Waals surface area (Å²) in [5.41, 5.74) is 0. The van der Waals surface area contributed by atoms with Gasteiger partial charge in [0, 0.05) is 19.3 Å². The van der Waals surface area contributed by atoms with Crippen molar-refractivity contribution in [1.29, 1.82) is 0 Å². The molecule has 100 valence electrons. The number of nitrogens with zero attached hydrogens (tertiary/aromatic N) is 2. The molecule has 2 heterocycles. The molecule has 1 aromatic heterocycles. The van der Waals surface area contributed by atoms with Gasteiger partial charge < -0.3 is 4.74 Å². The summed E-state index contributed by atoms with van der Waals surface area (Å²) in [6.45, 7) is 4.43. The van der Waals surface area contributed by atoms with Crippen molar-refractivity contribution in [3.05, 3.63) is 23.5 Å². The number of sulfonamides is 1. The predicted octanol–water partition coefficient (Wildman–Crippen LogP) is 1.53. The molecule has 0 saturated carbocycles. The first kappa shape index (κ1) is 13.7. The fraction of sp³-hybridized carbons (Fsp3) is 0.545. The summed E-state index contributed by atoms with van der Waals surface area (Å²) >= 11 is 5.65. The van der Waals surface area contributed by atoms with Gasteiger partial charge in [0.25, 0.3) is 0 Å². The SMILES string of the molecule is C[C@H]1CN(S(=O)(=O)c2ccc(Cl)nc2)C[C@H](C)O1. The maximum Gasteiger partial charge on any atom is 0.244 e. The van der Waals surface area contributed by atoms with E-state index in [1.165, 1.54) is 22.6 Å². The van der Waals surface area contributed by atoms with Crippen molar-refractivity contribution in [2.75, 3.05) is 13.1 Å². The quantitative estimate of drug-likeness (QED) is 0.775. The van der Waals surface area contributed by atoms with Gasteiger partial charge in [-0.25, -0.2) is 13.4 Å². The molecule has 1 aliphatic heterocycles. The van der Waals surface area contributed by atoms with Crippen LogP contribution in [0.3, 0.4) is 0 Å². The first-order chi connectivity index (χ1) is 8.39. The number of morpholine rings is 1. The Morgan fingerprint density at radius 3 is 2.44 bits per heavy atom. The largest absolute Gasteiger partial charge is 0.373 e. The van der Waals surface area contributed by atoms with E-state index in [-0.39, 0.29) is 22.3 Å². The lowest BCUT2D eigenvalue weighted by molar-refractivity contribution is -0.0440. The summed E-state index contributed by atoms with van der Waals surface area (Å²) in [5.74, 6) is 0. The van der Waals surface area contributed by atoms with Crippen molar-refractivity contribution in [3.8, 4) is 0 Å². The van der Waals surface area contributed by atoms with Crippen LogP contribution in [0.15, 0.2) is 23.2 Å². The minimum Gasteiger partial charge on any atom is -0.373 e. The second-order valence-corrected chi connectivity index (χ2v) is 6.72. The third-order valence-corrected chi connectivity index (χ3v) is 4.76. The highest BCUT2D eigenvalue weighted by Crippen LogP contribution is 2.21. The second kappa shape index (κ2) is 5.13. The van der Waals surface area contributed by atoms with E-state index in [1.54, 1.807) is 0 Å². The molecule has 2 rings (SSSR count). The lowest BCUT2D eigenvalue weighted by Crippen LogP contribution is -2.48. The van der Waals surface area contributed by atoms with Crippen molar-refractivity contribution in [1.82, 2.24) is 9.29 Å². The second-order valence-electron chi connectivity index (χ2n) is 4.40. The van der Waals surface area contributed by atoms with Gasteiger partial charge in [0.1, 0.15) is 10.0 Å². The summed E-state index contributed by atoms with van der Waals surface area (Å²) in [5, 5.41) is 0.276. The molecular weight excluding hydrogens is 276 g/mol. The first-order valence-corrected chi connectivity index (χ1v) is 7.48. The highest BCUT2D eigenvalue weighted by molar-refractivity contribution is 7.89. The molecule has 0 radical (unpaired) electrons. The van der Waals surface area contributed by atoms with Gasteiger partial charge in [0.15, 0.2) is 0 Å². The molecule has 0 spiro atoms. The number of hydrogen-bond donors (Lipinski definition) is 0. The topological polar surface area (TPSA) is 59.5 Å². The molecule has 7 heteroatoms. The number of ether oxygens (including phenoxy) is 1. The van der Waals surface area contributed by atoms with Crippen molar-refractivity contribution in [2.24, 2.45) is 0 Å². The van der Waals surface area contributed by atoms with Crippen LogP contribution in [0.1, 0.15) is 13.8 Å². The summed E-state index contributed by atoms with van der Waals surface area (Å²) in [4.78, 5) is 3.97. The maximum absolute atomic E-state index is 12.4. The Balaban J connectivity index is 2.28. The Hall–Kier alpha value is -0.690. The summed E-state index contributed by atoms with van der Waals surface area (Å²) < 4.78 is 31.7. The van der Waals surface area contributed by atoms with Crippen LogP contribution in [0.2, 0.25) is 5.15 Å². The van der Waals surface area contributed by atoms with Gasteiger partial charge >= 0.3 is 0 Å². The van der Waals surface area contributed by atoms with Gasteiger partial charge in [0.05, 0.1) is 12.2 Å². The minimum absolute atomic E-state index is 0.108. The van der Waals surface area contributed by atoms with Crippen LogP contribution in [0.5, 0.6) is 0 Å². The smallest absolute Gasteiger partial charge is 0.244 e. The zero-order valence-corrected chi connectivity index (χ0v) is 11.8. The minimum atomic E-state index is -3.51. The van der Waals surface area contributed by atoms with Crippen LogP contribution < -0.4 is 0 Å². The third kappa shape index (κ3) is 2.83. The number of rotatable bonds is 2. The molecule has 18 heavy (non-hydrogen) atoms. The van der Waals surface area contributed by atoms with Crippen LogP contribution >= 0.6 is 11.6 Å². The zero-order valence-electron chi connectivity index (χ0n) is 10.2. The average molecular weight is 291 g/mol. The van der Waals surface area contributed by atoms with E-state index in [0.29, 0.717) is 13.1 Å². The number of halogens is 1. The third-order valence-electron chi connectivity index (χ3n) is 2.72. The van der Waals surface area contributed by atoms with Crippen LogP contribution in [-0.4, -0.2) is 43.0 Å². The van der Waals surface area contributed by atoms with Crippen molar-refractivity contribution >= 4 is 21.6 Å². The van der Waals surface area contributed by atoms with E-state index in [1.807, 2.05) is 13.8 Å². The van der Waals surface area contributed by atoms with E-state index in [4.69, 9.17) is 16.3 Å². The molecule has 0 aromatic carbocycles. The standard InChI is InChI=1S/C11H15ClN2O3S/c1-8-6-14(7-9(2)17-8)18(15,16)10-3-4-11(12)13-5-10/h3-5,8-9H,6-7H2,1-2H3/t8-,9-/m0/s1. The summed E-state index contributed by atoms with van der Waals surface area (Å²) in [6.07, 6.45) is 1.07. The van der Waals surface area contributed by atoms with Gasteiger partial charge in [-0.1, -0.05) is 11.6 Å². The predicted molar refractivity (Wildman–Crippen MR) is 68.0 cm³/mol. The van der Waals surface area contributed by atoms with Gasteiger partial charge in [0.2, 0.25) is 10.0 Å². The zero-order chi connectivity index (χ0) is 13.3. The molecule has 1 fully saturated rings. The van der Waals surface area contributed by atoms with Crippen LogP contribution in [0.25, 0.3) is 0 Å². The number of hydrogen-bond acceptors (Lipinski definition) is 4. The molecule has 1 aromatic rings. The Morgan fingerprint density at radius 2 is 1.94 bits per heavy atom. The van der Waals surface area contributed by atoms with Crippen LogP contribution in [0.4, 0.5) is 0 Å². The van der Waals surface area contributed by atoms with E-state index in [2.05, 4.69) is 4.98 Å².